The predicted molar refractivity (Wildman–Crippen MR) is 97.4 cm³/mol. The number of rotatable bonds is 5. The molecule has 1 atom stereocenters. The van der Waals surface area contributed by atoms with Crippen molar-refractivity contribution in [2.75, 3.05) is 20.7 Å². The Morgan fingerprint density at radius 1 is 1.08 bits per heavy atom. The largest absolute Gasteiger partial charge is 0.436 e. The summed E-state index contributed by atoms with van der Waals surface area (Å²) in [4.78, 5) is 28.8. The van der Waals surface area contributed by atoms with Gasteiger partial charge in [-0.2, -0.15) is 0 Å². The summed E-state index contributed by atoms with van der Waals surface area (Å²) in [6.45, 7) is 1.91. The number of hydrogen-bond donors (Lipinski definition) is 1. The smallest absolute Gasteiger partial charge is 0.407 e. The molecule has 0 bridgehead atoms. The van der Waals surface area contributed by atoms with Crippen molar-refractivity contribution in [2.45, 2.75) is 18.9 Å². The lowest BCUT2D eigenvalue weighted by Crippen LogP contribution is -2.39. The van der Waals surface area contributed by atoms with Crippen LogP contribution in [0.4, 0.5) is 4.79 Å². The quantitative estimate of drug-likeness (QED) is 0.839. The Balaban J connectivity index is 1.67. The van der Waals surface area contributed by atoms with Crippen molar-refractivity contribution >= 4 is 12.0 Å². The maximum absolute atomic E-state index is 12.1. The maximum Gasteiger partial charge on any atom is 0.407 e. The van der Waals surface area contributed by atoms with E-state index in [2.05, 4.69) is 29.6 Å². The molecule has 1 N–H and O–H groups in total. The van der Waals surface area contributed by atoms with Gasteiger partial charge < -0.3 is 10.1 Å². The first kappa shape index (κ1) is 17.9. The molecule has 26 heavy (non-hydrogen) atoms. The van der Waals surface area contributed by atoms with Crippen LogP contribution in [-0.4, -0.2) is 43.9 Å². The van der Waals surface area contributed by atoms with E-state index in [4.69, 9.17) is 9.57 Å². The lowest BCUT2D eigenvalue weighted by molar-refractivity contribution is -0.176. The van der Waals surface area contributed by atoms with Crippen LogP contribution in [0.15, 0.2) is 48.5 Å². The zero-order valence-electron chi connectivity index (χ0n) is 15.1. The fourth-order valence-electron chi connectivity index (χ4n) is 3.26. The molecule has 1 aliphatic carbocycles. The number of ether oxygens (including phenoxy) is 1. The Morgan fingerprint density at radius 2 is 1.62 bits per heavy atom. The van der Waals surface area contributed by atoms with Crippen LogP contribution in [0.1, 0.15) is 24.0 Å². The van der Waals surface area contributed by atoms with Gasteiger partial charge in [0.1, 0.15) is 0 Å². The number of alkyl carbamates (subject to hydrolysis) is 1. The first-order valence-electron chi connectivity index (χ1n) is 8.47. The zero-order valence-corrected chi connectivity index (χ0v) is 15.1. The standard InChI is InChI=1S/C20H22N2O4/c1-13(19(23)22(2)25-3)26-20(24)21-12-18-16-10-6-4-8-14(16)15-9-5-7-11-17(15)18/h4-11,13,18H,12H2,1-3H3,(H,21,24)/t13-/m0/s1. The number of likely N-dealkylation sites (N-methyl/N-ethyl adjacent to an activating group) is 1. The van der Waals surface area contributed by atoms with Gasteiger partial charge in [0.15, 0.2) is 6.10 Å². The molecule has 0 saturated carbocycles. The van der Waals surface area contributed by atoms with Gasteiger partial charge in [0.25, 0.3) is 5.91 Å². The van der Waals surface area contributed by atoms with Crippen molar-refractivity contribution in [3.63, 3.8) is 0 Å². The van der Waals surface area contributed by atoms with Crippen LogP contribution < -0.4 is 5.32 Å². The molecule has 0 spiro atoms. The second kappa shape index (κ2) is 7.58. The number of nitrogens with one attached hydrogen (secondary N) is 1. The van der Waals surface area contributed by atoms with E-state index in [1.54, 1.807) is 0 Å². The molecule has 0 heterocycles. The summed E-state index contributed by atoms with van der Waals surface area (Å²) in [5.41, 5.74) is 4.73. The molecule has 0 saturated heterocycles. The average Bonchev–Trinajstić information content (AvgIpc) is 2.99. The lowest BCUT2D eigenvalue weighted by atomic mass is 9.97. The minimum atomic E-state index is -0.928. The highest BCUT2D eigenvalue weighted by Crippen LogP contribution is 2.43. The minimum Gasteiger partial charge on any atom is -0.436 e. The van der Waals surface area contributed by atoms with Crippen LogP contribution in [0.3, 0.4) is 0 Å². The Hall–Kier alpha value is -2.86. The van der Waals surface area contributed by atoms with Gasteiger partial charge >= 0.3 is 6.09 Å². The van der Waals surface area contributed by atoms with Crippen molar-refractivity contribution in [3.05, 3.63) is 59.7 Å². The first-order chi connectivity index (χ1) is 12.5. The van der Waals surface area contributed by atoms with Gasteiger partial charge in [-0.15, -0.1) is 0 Å². The fraction of sp³-hybridized carbons (Fsp3) is 0.300. The van der Waals surface area contributed by atoms with E-state index in [1.807, 2.05) is 24.3 Å². The molecule has 0 fully saturated rings. The molecule has 6 nitrogen and oxygen atoms in total. The second-order valence-corrected chi connectivity index (χ2v) is 6.17. The van der Waals surface area contributed by atoms with Gasteiger partial charge in [-0.05, 0) is 29.2 Å². The van der Waals surface area contributed by atoms with E-state index in [0.29, 0.717) is 6.54 Å². The minimum absolute atomic E-state index is 0.0580. The molecule has 0 aliphatic heterocycles. The Bertz CT molecular complexity index is 775. The third-order valence-corrected chi connectivity index (χ3v) is 4.63. The van der Waals surface area contributed by atoms with Crippen LogP contribution in [0.5, 0.6) is 0 Å². The highest BCUT2D eigenvalue weighted by molar-refractivity contribution is 5.82. The SMILES string of the molecule is CON(C)C(=O)[C@H](C)OC(=O)NCC1c2ccccc2-c2ccccc21. The topological polar surface area (TPSA) is 67.9 Å². The van der Waals surface area contributed by atoms with Gasteiger partial charge in [-0.1, -0.05) is 48.5 Å². The van der Waals surface area contributed by atoms with Crippen molar-refractivity contribution in [1.82, 2.24) is 10.4 Å². The Kier molecular flexibility index (Phi) is 5.23. The number of amides is 2. The highest BCUT2D eigenvalue weighted by Gasteiger charge is 2.29. The van der Waals surface area contributed by atoms with Crippen LogP contribution in [-0.2, 0) is 14.4 Å². The molecular formula is C20H22N2O4. The third-order valence-electron chi connectivity index (χ3n) is 4.63. The average molecular weight is 354 g/mol. The number of carbonyl (C=O) groups excluding carboxylic acids is 2. The van der Waals surface area contributed by atoms with E-state index in [9.17, 15) is 9.59 Å². The van der Waals surface area contributed by atoms with Gasteiger partial charge in [0.2, 0.25) is 0 Å². The lowest BCUT2D eigenvalue weighted by Gasteiger charge is -2.20. The summed E-state index contributed by atoms with van der Waals surface area (Å²) in [5.74, 6) is -0.373. The molecule has 3 rings (SSSR count). The van der Waals surface area contributed by atoms with Crippen LogP contribution in [0.25, 0.3) is 11.1 Å². The van der Waals surface area contributed by atoms with E-state index in [-0.39, 0.29) is 5.92 Å². The number of hydroxylamine groups is 2. The molecule has 2 aromatic carbocycles. The Labute approximate surface area is 152 Å². The normalized spacial score (nSPS) is 13.5. The van der Waals surface area contributed by atoms with E-state index >= 15 is 0 Å². The van der Waals surface area contributed by atoms with Crippen molar-refractivity contribution in [2.24, 2.45) is 0 Å². The molecule has 0 aromatic heterocycles. The molecule has 2 amide bonds. The molecular weight excluding hydrogens is 332 g/mol. The van der Waals surface area contributed by atoms with Crippen LogP contribution in [0, 0.1) is 0 Å². The van der Waals surface area contributed by atoms with Crippen molar-refractivity contribution in [3.8, 4) is 11.1 Å². The zero-order chi connectivity index (χ0) is 18.7. The maximum atomic E-state index is 12.1. The van der Waals surface area contributed by atoms with Crippen LogP contribution >= 0.6 is 0 Å². The molecule has 0 unspecified atom stereocenters. The number of nitrogens with zero attached hydrogens (tertiary/aromatic N) is 1. The van der Waals surface area contributed by atoms with Crippen molar-refractivity contribution in [1.29, 1.82) is 0 Å². The summed E-state index contributed by atoms with van der Waals surface area (Å²) in [6.07, 6.45) is -1.56. The summed E-state index contributed by atoms with van der Waals surface area (Å²) < 4.78 is 5.15. The molecule has 136 valence electrons. The molecule has 0 radical (unpaired) electrons. The summed E-state index contributed by atoms with van der Waals surface area (Å²) in [7, 11) is 2.84. The third kappa shape index (κ3) is 3.41. The van der Waals surface area contributed by atoms with Crippen molar-refractivity contribution < 1.29 is 19.2 Å². The summed E-state index contributed by atoms with van der Waals surface area (Å²) in [6, 6.07) is 16.4. The number of carbonyl (C=O) groups is 2. The molecule has 1 aliphatic rings. The molecule has 2 aromatic rings. The van der Waals surface area contributed by atoms with Gasteiger partial charge in [-0.25, -0.2) is 9.86 Å². The number of hydrogen-bond acceptors (Lipinski definition) is 4. The summed E-state index contributed by atoms with van der Waals surface area (Å²) >= 11 is 0. The van der Waals surface area contributed by atoms with Gasteiger partial charge in [0, 0.05) is 19.5 Å². The number of fused-ring (bicyclic) bond motifs is 3. The monoisotopic (exact) mass is 354 g/mol. The molecule has 6 heteroatoms. The highest BCUT2D eigenvalue weighted by atomic mass is 16.7. The fourth-order valence-corrected chi connectivity index (χ4v) is 3.26. The predicted octanol–water partition coefficient (Wildman–Crippen LogP) is 2.93. The van der Waals surface area contributed by atoms with Crippen LogP contribution in [0.2, 0.25) is 0 Å². The number of benzene rings is 2. The van der Waals surface area contributed by atoms with E-state index < -0.39 is 18.1 Å². The summed E-state index contributed by atoms with van der Waals surface area (Å²) in [5, 5.41) is 3.81. The Morgan fingerprint density at radius 3 is 2.15 bits per heavy atom. The second-order valence-electron chi connectivity index (χ2n) is 6.17. The van der Waals surface area contributed by atoms with Gasteiger partial charge in [-0.3, -0.25) is 9.63 Å². The van der Waals surface area contributed by atoms with Gasteiger partial charge in [0.05, 0.1) is 7.11 Å². The van der Waals surface area contributed by atoms with E-state index in [1.165, 1.54) is 43.3 Å². The van der Waals surface area contributed by atoms with E-state index in [0.717, 1.165) is 5.06 Å². The first-order valence-corrected chi connectivity index (χ1v) is 8.47.